The number of amides is 2. The van der Waals surface area contributed by atoms with E-state index in [1.165, 1.54) is 11.8 Å². The number of hydrogen-bond donors (Lipinski definition) is 1. The van der Waals surface area contributed by atoms with Crippen LogP contribution in [-0.4, -0.2) is 40.5 Å². The summed E-state index contributed by atoms with van der Waals surface area (Å²) in [7, 11) is 0. The average Bonchev–Trinajstić information content (AvgIpc) is 3.16. The molecule has 0 saturated carbocycles. The van der Waals surface area contributed by atoms with Gasteiger partial charge in [0.2, 0.25) is 5.91 Å². The molecule has 1 N–H and O–H groups in total. The van der Waals surface area contributed by atoms with E-state index in [4.69, 9.17) is 0 Å². The summed E-state index contributed by atoms with van der Waals surface area (Å²) in [5.41, 5.74) is 1.34. The molecule has 1 aromatic heterocycles. The molecule has 0 bridgehead atoms. The zero-order valence-corrected chi connectivity index (χ0v) is 16.0. The zero-order valence-electron chi connectivity index (χ0n) is 13.6. The van der Waals surface area contributed by atoms with Crippen LogP contribution in [0.3, 0.4) is 0 Å². The van der Waals surface area contributed by atoms with Gasteiger partial charge in [0.1, 0.15) is 0 Å². The van der Waals surface area contributed by atoms with Crippen LogP contribution in [0, 0.1) is 0 Å². The van der Waals surface area contributed by atoms with E-state index in [0.717, 1.165) is 41.1 Å². The Bertz CT molecular complexity index is 761. The minimum atomic E-state index is -0.101. The summed E-state index contributed by atoms with van der Waals surface area (Å²) in [6.07, 6.45) is 3.73. The van der Waals surface area contributed by atoms with Crippen molar-refractivity contribution in [3.05, 3.63) is 52.6 Å². The van der Waals surface area contributed by atoms with Crippen LogP contribution in [-0.2, 0) is 4.79 Å². The highest BCUT2D eigenvalue weighted by molar-refractivity contribution is 9.10. The van der Waals surface area contributed by atoms with Gasteiger partial charge in [0.25, 0.3) is 5.91 Å². The summed E-state index contributed by atoms with van der Waals surface area (Å²) >= 11 is 4.74. The Kier molecular flexibility index (Phi) is 6.09. The topological polar surface area (TPSA) is 62.3 Å². The van der Waals surface area contributed by atoms with Gasteiger partial charge in [-0.2, -0.15) is 0 Å². The van der Waals surface area contributed by atoms with Crippen molar-refractivity contribution in [3.8, 4) is 0 Å². The molecule has 1 fully saturated rings. The second-order valence-electron chi connectivity index (χ2n) is 5.70. The minimum Gasteiger partial charge on any atom is -0.339 e. The van der Waals surface area contributed by atoms with E-state index >= 15 is 0 Å². The lowest BCUT2D eigenvalue weighted by molar-refractivity contribution is -0.113. The Morgan fingerprint density at radius 3 is 2.60 bits per heavy atom. The number of carbonyl (C=O) groups excluding carboxylic acids is 2. The average molecular weight is 420 g/mol. The number of anilines is 1. The zero-order chi connectivity index (χ0) is 17.6. The standard InChI is InChI=1S/C18H18BrN3O2S/c19-14-5-1-2-6-15(14)21-16(23)12-25-17-8-7-13(11-20-17)18(24)22-9-3-4-10-22/h1-2,5-8,11H,3-4,9-10,12H2,(H,21,23). The van der Waals surface area contributed by atoms with Crippen molar-refractivity contribution >= 4 is 45.2 Å². The van der Waals surface area contributed by atoms with Gasteiger partial charge in [-0.15, -0.1) is 0 Å². The fourth-order valence-electron chi connectivity index (χ4n) is 2.58. The highest BCUT2D eigenvalue weighted by Crippen LogP contribution is 2.22. The Hall–Kier alpha value is -1.86. The minimum absolute atomic E-state index is 0.0354. The first-order valence-corrected chi connectivity index (χ1v) is 9.84. The van der Waals surface area contributed by atoms with Crippen LogP contribution < -0.4 is 5.32 Å². The third kappa shape index (κ3) is 4.83. The quantitative estimate of drug-likeness (QED) is 0.748. The summed E-state index contributed by atoms with van der Waals surface area (Å²) in [4.78, 5) is 30.5. The van der Waals surface area contributed by atoms with Crippen LogP contribution in [0.1, 0.15) is 23.2 Å². The maximum Gasteiger partial charge on any atom is 0.255 e. The molecule has 0 spiro atoms. The van der Waals surface area contributed by atoms with Crippen LogP contribution in [0.4, 0.5) is 5.69 Å². The van der Waals surface area contributed by atoms with Gasteiger partial charge >= 0.3 is 0 Å². The lowest BCUT2D eigenvalue weighted by Crippen LogP contribution is -2.27. The first-order valence-electron chi connectivity index (χ1n) is 8.06. The van der Waals surface area contributed by atoms with Gasteiger partial charge in [-0.25, -0.2) is 4.98 Å². The van der Waals surface area contributed by atoms with E-state index in [0.29, 0.717) is 5.56 Å². The number of thioether (sulfide) groups is 1. The first-order chi connectivity index (χ1) is 12.1. The van der Waals surface area contributed by atoms with Crippen LogP contribution in [0.5, 0.6) is 0 Å². The third-order valence-corrected chi connectivity index (χ3v) is 5.51. The number of carbonyl (C=O) groups is 2. The Balaban J connectivity index is 1.52. The summed E-state index contributed by atoms with van der Waals surface area (Å²) in [5, 5.41) is 3.57. The number of benzene rings is 1. The second kappa shape index (κ2) is 8.49. The van der Waals surface area contributed by atoms with Crippen molar-refractivity contribution in [1.29, 1.82) is 0 Å². The maximum absolute atomic E-state index is 12.3. The van der Waals surface area contributed by atoms with Crippen molar-refractivity contribution in [2.24, 2.45) is 0 Å². The van der Waals surface area contributed by atoms with E-state index in [1.54, 1.807) is 18.3 Å². The summed E-state index contributed by atoms with van der Waals surface area (Å²) < 4.78 is 0.844. The lowest BCUT2D eigenvalue weighted by atomic mass is 10.2. The fraction of sp³-hybridized carbons (Fsp3) is 0.278. The maximum atomic E-state index is 12.3. The van der Waals surface area contributed by atoms with Gasteiger partial charge in [0, 0.05) is 23.8 Å². The first kappa shape index (κ1) is 17.9. The van der Waals surface area contributed by atoms with Crippen LogP contribution >= 0.6 is 27.7 Å². The molecule has 2 amide bonds. The molecule has 1 aliphatic rings. The summed E-state index contributed by atoms with van der Waals surface area (Å²) in [6, 6.07) is 11.0. The molecule has 25 heavy (non-hydrogen) atoms. The van der Waals surface area contributed by atoms with Crippen molar-refractivity contribution in [1.82, 2.24) is 9.88 Å². The van der Waals surface area contributed by atoms with Crippen LogP contribution in [0.15, 0.2) is 52.1 Å². The van der Waals surface area contributed by atoms with Gasteiger partial charge in [0.15, 0.2) is 0 Å². The molecule has 2 heterocycles. The number of likely N-dealkylation sites (tertiary alicyclic amines) is 1. The number of nitrogens with zero attached hydrogens (tertiary/aromatic N) is 2. The number of aromatic nitrogens is 1. The molecule has 0 unspecified atom stereocenters. The van der Waals surface area contributed by atoms with E-state index in [-0.39, 0.29) is 17.6 Å². The molecule has 1 aromatic carbocycles. The third-order valence-electron chi connectivity index (χ3n) is 3.88. The monoisotopic (exact) mass is 419 g/mol. The molecule has 7 heteroatoms. The molecular weight excluding hydrogens is 402 g/mol. The van der Waals surface area contributed by atoms with E-state index in [2.05, 4.69) is 26.2 Å². The molecule has 3 rings (SSSR count). The van der Waals surface area contributed by atoms with Crippen LogP contribution in [0.25, 0.3) is 0 Å². The normalized spacial score (nSPS) is 13.7. The van der Waals surface area contributed by atoms with Crippen molar-refractivity contribution in [3.63, 3.8) is 0 Å². The Labute approximate surface area is 159 Å². The number of halogens is 1. The SMILES string of the molecule is O=C(CSc1ccc(C(=O)N2CCCC2)cn1)Nc1ccccc1Br. The number of pyridine rings is 1. The highest BCUT2D eigenvalue weighted by Gasteiger charge is 2.19. The van der Waals surface area contributed by atoms with Crippen molar-refractivity contribution in [2.75, 3.05) is 24.2 Å². The number of para-hydroxylation sites is 1. The predicted octanol–water partition coefficient (Wildman–Crippen LogP) is 3.81. The highest BCUT2D eigenvalue weighted by atomic mass is 79.9. The molecule has 0 radical (unpaired) electrons. The lowest BCUT2D eigenvalue weighted by Gasteiger charge is -2.14. The van der Waals surface area contributed by atoms with Gasteiger partial charge in [-0.1, -0.05) is 23.9 Å². The van der Waals surface area contributed by atoms with E-state index in [1.807, 2.05) is 29.2 Å². The van der Waals surface area contributed by atoms with E-state index < -0.39 is 0 Å². The molecule has 1 saturated heterocycles. The number of rotatable bonds is 5. The van der Waals surface area contributed by atoms with Gasteiger partial charge in [-0.3, -0.25) is 9.59 Å². The smallest absolute Gasteiger partial charge is 0.255 e. The Morgan fingerprint density at radius 2 is 1.92 bits per heavy atom. The summed E-state index contributed by atoms with van der Waals surface area (Å²) in [6.45, 7) is 1.65. The van der Waals surface area contributed by atoms with E-state index in [9.17, 15) is 9.59 Å². The summed E-state index contributed by atoms with van der Waals surface area (Å²) in [5.74, 6) is 0.192. The fourth-order valence-corrected chi connectivity index (χ4v) is 3.61. The van der Waals surface area contributed by atoms with Crippen molar-refractivity contribution < 1.29 is 9.59 Å². The Morgan fingerprint density at radius 1 is 1.16 bits per heavy atom. The largest absolute Gasteiger partial charge is 0.339 e. The van der Waals surface area contributed by atoms with Gasteiger partial charge in [-0.05, 0) is 53.0 Å². The van der Waals surface area contributed by atoms with Gasteiger partial charge in [0.05, 0.1) is 22.0 Å². The second-order valence-corrected chi connectivity index (χ2v) is 7.55. The number of hydrogen-bond acceptors (Lipinski definition) is 4. The molecule has 5 nitrogen and oxygen atoms in total. The molecule has 2 aromatic rings. The molecule has 0 atom stereocenters. The predicted molar refractivity (Wildman–Crippen MR) is 103 cm³/mol. The molecule has 0 aliphatic carbocycles. The molecule has 1 aliphatic heterocycles. The van der Waals surface area contributed by atoms with Crippen LogP contribution in [0.2, 0.25) is 0 Å². The van der Waals surface area contributed by atoms with Crippen molar-refractivity contribution in [2.45, 2.75) is 17.9 Å². The molecular formula is C18H18BrN3O2S. The molecule has 130 valence electrons. The van der Waals surface area contributed by atoms with Gasteiger partial charge < -0.3 is 10.2 Å². The number of nitrogens with one attached hydrogen (secondary N) is 1.